The van der Waals surface area contributed by atoms with Crippen LogP contribution in [0.1, 0.15) is 104 Å². The van der Waals surface area contributed by atoms with E-state index in [-0.39, 0.29) is 35.7 Å². The summed E-state index contributed by atoms with van der Waals surface area (Å²) in [5.74, 6) is 3.01. The zero-order valence-corrected chi connectivity index (χ0v) is 30.9. The average Bonchev–Trinajstić information content (AvgIpc) is 3.47. The third kappa shape index (κ3) is 9.98. The lowest BCUT2D eigenvalue weighted by Gasteiger charge is -2.65. The quantitative estimate of drug-likeness (QED) is 0.0464. The van der Waals surface area contributed by atoms with E-state index in [4.69, 9.17) is 35.9 Å². The second kappa shape index (κ2) is 20.7. The molecule has 11 atom stereocenters. The number of ether oxygens (including phenoxy) is 3. The van der Waals surface area contributed by atoms with Crippen molar-refractivity contribution in [3.05, 3.63) is 31.3 Å². The van der Waals surface area contributed by atoms with Crippen molar-refractivity contribution in [2.45, 2.75) is 123 Å². The highest BCUT2D eigenvalue weighted by Crippen LogP contribution is 2.69. The molecule has 4 saturated carbocycles. The number of azide groups is 3. The topological polar surface area (TPSA) is 206 Å². The zero-order chi connectivity index (χ0) is 35.8. The minimum absolute atomic E-state index is 0.0194. The molecule has 14 nitrogen and oxygen atoms in total. The van der Waals surface area contributed by atoms with Crippen LogP contribution in [0.5, 0.6) is 0 Å². The molecule has 4 rings (SSSR count). The Hall–Kier alpha value is -2.27. The largest absolute Gasteiger partial charge is 0.396 e. The number of nitrogens with zero attached hydrogens (tertiary/aromatic N) is 9. The van der Waals surface area contributed by atoms with Crippen molar-refractivity contribution in [3.8, 4) is 0 Å². The second-order valence-electron chi connectivity index (χ2n) is 15.9. The highest BCUT2D eigenvalue weighted by atomic mass is 16.5. The highest BCUT2D eigenvalue weighted by Gasteiger charge is 2.66. The Morgan fingerprint density at radius 3 is 2.08 bits per heavy atom. The van der Waals surface area contributed by atoms with Crippen LogP contribution in [0.4, 0.5) is 0 Å². The minimum atomic E-state index is 0.0194. The molecule has 0 aromatic carbocycles. The molecule has 0 saturated heterocycles. The third-order valence-corrected chi connectivity index (χ3v) is 13.4. The van der Waals surface area contributed by atoms with E-state index in [9.17, 15) is 0 Å². The molecule has 0 radical (unpaired) electrons. The second-order valence-corrected chi connectivity index (χ2v) is 15.9. The smallest absolute Gasteiger partial charge is 0.0637 e. The molecular weight excluding hydrogens is 636 g/mol. The standard InChI is InChI=1S/C36H64N10O4/c1-26(9-4-14-40-15-5-19-47)29-10-11-30-34-31(25-33(36(29,30)3)50-22-8-18-43-46-39)35(2)13-12-28(48-20-6-16-41-44-37)23-27(35)24-32(34)49-21-7-17-42-45-38/h26-34,40,47H,4-25H2,1-3H3/t26-,27?,28-,29?,30+,31+,32-,33+,34?,35+,36-/m1/s1. The molecule has 0 aromatic rings. The predicted octanol–water partition coefficient (Wildman–Crippen LogP) is 8.51. The minimum Gasteiger partial charge on any atom is -0.396 e. The molecule has 0 bridgehead atoms. The first-order valence-corrected chi connectivity index (χ1v) is 19.5. The third-order valence-electron chi connectivity index (χ3n) is 13.4. The summed E-state index contributed by atoms with van der Waals surface area (Å²) in [4.78, 5) is 8.77. The molecule has 282 valence electrons. The van der Waals surface area contributed by atoms with Crippen molar-refractivity contribution in [3.63, 3.8) is 0 Å². The number of nitrogens with one attached hydrogen (secondary N) is 1. The number of hydrogen-bond donors (Lipinski definition) is 2. The van der Waals surface area contributed by atoms with E-state index in [0.717, 1.165) is 77.3 Å². The zero-order valence-electron chi connectivity index (χ0n) is 30.9. The molecular formula is C36H64N10O4. The van der Waals surface area contributed by atoms with Gasteiger partial charge in [-0.3, -0.25) is 0 Å². The van der Waals surface area contributed by atoms with Crippen LogP contribution < -0.4 is 5.32 Å². The van der Waals surface area contributed by atoms with E-state index < -0.39 is 0 Å². The van der Waals surface area contributed by atoms with Crippen molar-refractivity contribution >= 4 is 0 Å². The van der Waals surface area contributed by atoms with Crippen LogP contribution in [0.3, 0.4) is 0 Å². The number of rotatable bonds is 23. The van der Waals surface area contributed by atoms with Crippen molar-refractivity contribution < 1.29 is 19.3 Å². The fourth-order valence-corrected chi connectivity index (χ4v) is 11.0. The van der Waals surface area contributed by atoms with Crippen LogP contribution in [0.15, 0.2) is 15.3 Å². The first kappa shape index (κ1) is 40.5. The van der Waals surface area contributed by atoms with Gasteiger partial charge in [0, 0.05) is 66.2 Å². The summed E-state index contributed by atoms with van der Waals surface area (Å²) < 4.78 is 20.2. The predicted molar refractivity (Wildman–Crippen MR) is 194 cm³/mol. The Bertz CT molecular complexity index is 1180. The number of fused-ring (bicyclic) bond motifs is 5. The van der Waals surface area contributed by atoms with E-state index in [1.165, 1.54) is 19.3 Å². The van der Waals surface area contributed by atoms with Gasteiger partial charge in [-0.05, 0) is 154 Å². The van der Waals surface area contributed by atoms with Crippen molar-refractivity contribution in [1.82, 2.24) is 5.32 Å². The van der Waals surface area contributed by atoms with E-state index >= 15 is 0 Å². The molecule has 50 heavy (non-hydrogen) atoms. The summed E-state index contributed by atoms with van der Waals surface area (Å²) in [7, 11) is 0. The molecule has 2 N–H and O–H groups in total. The average molecular weight is 701 g/mol. The van der Waals surface area contributed by atoms with Crippen molar-refractivity contribution in [1.29, 1.82) is 0 Å². The van der Waals surface area contributed by atoms with Gasteiger partial charge in [-0.15, -0.1) is 0 Å². The fraction of sp³-hybridized carbons (Fsp3) is 1.00. The Morgan fingerprint density at radius 1 is 0.780 bits per heavy atom. The molecule has 3 unspecified atom stereocenters. The summed E-state index contributed by atoms with van der Waals surface area (Å²) in [6, 6.07) is 0. The number of aliphatic hydroxyl groups excluding tert-OH is 1. The summed E-state index contributed by atoms with van der Waals surface area (Å²) in [6.07, 6.45) is 13.4. The van der Waals surface area contributed by atoms with E-state index in [0.29, 0.717) is 75.0 Å². The molecule has 4 aliphatic carbocycles. The lowest BCUT2D eigenvalue weighted by Crippen LogP contribution is -2.63. The van der Waals surface area contributed by atoms with Crippen LogP contribution in [-0.2, 0) is 14.2 Å². The van der Waals surface area contributed by atoms with Gasteiger partial charge in [-0.2, -0.15) is 0 Å². The monoisotopic (exact) mass is 701 g/mol. The summed E-state index contributed by atoms with van der Waals surface area (Å²) >= 11 is 0. The molecule has 4 aliphatic rings. The van der Waals surface area contributed by atoms with Crippen molar-refractivity contribution in [2.75, 3.05) is 59.2 Å². The normalized spacial score (nSPS) is 35.0. The van der Waals surface area contributed by atoms with Crippen LogP contribution in [0.25, 0.3) is 31.3 Å². The first-order chi connectivity index (χ1) is 24.3. The van der Waals surface area contributed by atoms with Crippen LogP contribution in [0, 0.1) is 46.3 Å². The summed E-state index contributed by atoms with van der Waals surface area (Å²) in [5.41, 5.74) is 26.5. The van der Waals surface area contributed by atoms with Crippen LogP contribution >= 0.6 is 0 Å². The van der Waals surface area contributed by atoms with Gasteiger partial charge < -0.3 is 24.6 Å². The maximum Gasteiger partial charge on any atom is 0.0637 e. The first-order valence-electron chi connectivity index (χ1n) is 19.5. The molecule has 0 amide bonds. The number of aliphatic hydroxyl groups is 1. The number of hydrogen-bond acceptors (Lipinski definition) is 8. The lowest BCUT2D eigenvalue weighted by atomic mass is 9.43. The van der Waals surface area contributed by atoms with Gasteiger partial charge in [0.15, 0.2) is 0 Å². The van der Waals surface area contributed by atoms with E-state index in [1.54, 1.807) is 0 Å². The fourth-order valence-electron chi connectivity index (χ4n) is 11.0. The molecule has 14 heteroatoms. The SMILES string of the molecule is C[C@H](CCCNCCCO)C1CC[C@H]2C3[C@H](OCCCN=[N+]=[N-])CC4C[C@H](OCCCN=[N+]=[N-])CC[C@]4(C)[C@H]3C[C@H](OCCCN=[N+]=[N-])[C@]12C. The lowest BCUT2D eigenvalue weighted by molar-refractivity contribution is -0.227. The Morgan fingerprint density at radius 2 is 1.42 bits per heavy atom. The van der Waals surface area contributed by atoms with Gasteiger partial charge in [0.2, 0.25) is 0 Å². The van der Waals surface area contributed by atoms with Crippen LogP contribution in [0.2, 0.25) is 0 Å². The maximum atomic E-state index is 9.14. The van der Waals surface area contributed by atoms with Gasteiger partial charge >= 0.3 is 0 Å². The van der Waals surface area contributed by atoms with Crippen molar-refractivity contribution in [2.24, 2.45) is 61.7 Å². The molecule has 4 fully saturated rings. The Balaban J connectivity index is 1.57. The van der Waals surface area contributed by atoms with Gasteiger partial charge in [0.25, 0.3) is 0 Å². The van der Waals surface area contributed by atoms with Crippen LogP contribution in [-0.4, -0.2) is 82.6 Å². The van der Waals surface area contributed by atoms with Gasteiger partial charge in [0.05, 0.1) is 18.3 Å². The Labute approximate surface area is 299 Å². The molecule has 0 aromatic heterocycles. The maximum absolute atomic E-state index is 9.14. The van der Waals surface area contributed by atoms with E-state index in [2.05, 4.69) is 56.2 Å². The summed E-state index contributed by atoms with van der Waals surface area (Å²) in [5, 5.41) is 23.8. The van der Waals surface area contributed by atoms with Gasteiger partial charge in [0.1, 0.15) is 0 Å². The molecule has 0 spiro atoms. The van der Waals surface area contributed by atoms with Gasteiger partial charge in [-0.25, -0.2) is 0 Å². The molecule has 0 aliphatic heterocycles. The highest BCUT2D eigenvalue weighted by molar-refractivity contribution is 5.15. The Kier molecular flexibility index (Phi) is 16.8. The molecule has 0 heterocycles. The van der Waals surface area contributed by atoms with E-state index in [1.807, 2.05) is 0 Å². The van der Waals surface area contributed by atoms with Gasteiger partial charge in [-0.1, -0.05) is 36.1 Å². The summed E-state index contributed by atoms with van der Waals surface area (Å²) in [6.45, 7) is 12.8.